The van der Waals surface area contributed by atoms with Crippen LogP contribution in [0.5, 0.6) is 0 Å². The van der Waals surface area contributed by atoms with Crippen LogP contribution in [0.1, 0.15) is 18.4 Å². The number of nitrogens with zero attached hydrogens (tertiary/aromatic N) is 2. The van der Waals surface area contributed by atoms with Crippen LogP contribution in [0.2, 0.25) is 5.02 Å². The summed E-state index contributed by atoms with van der Waals surface area (Å²) in [7, 11) is 3.04. The number of benzene rings is 1. The molecule has 1 fully saturated rings. The molecule has 0 bridgehead atoms. The lowest BCUT2D eigenvalue weighted by molar-refractivity contribution is -0.132. The van der Waals surface area contributed by atoms with Gasteiger partial charge in [0.2, 0.25) is 0 Å². The number of aliphatic imine (C=N–C) groups is 1. The molecule has 1 saturated carbocycles. The van der Waals surface area contributed by atoms with Gasteiger partial charge in [0.25, 0.3) is 0 Å². The summed E-state index contributed by atoms with van der Waals surface area (Å²) in [6, 6.07) is 7.41. The molecule has 134 valence electrons. The van der Waals surface area contributed by atoms with E-state index in [9.17, 15) is 4.79 Å². The molecule has 25 heavy (non-hydrogen) atoms. The normalized spacial score (nSPS) is 15.4. The van der Waals surface area contributed by atoms with Crippen LogP contribution in [0.3, 0.4) is 0 Å². The van der Waals surface area contributed by atoms with E-state index in [-0.39, 0.29) is 16.6 Å². The number of carbonyl (C=O) groups is 1. The van der Waals surface area contributed by atoms with E-state index in [1.54, 1.807) is 18.0 Å². The number of nitrogens with two attached hydrogens (primary N) is 1. The first-order valence-electron chi connectivity index (χ1n) is 7.80. The molecule has 5 nitrogen and oxygen atoms in total. The summed E-state index contributed by atoms with van der Waals surface area (Å²) in [6.07, 6.45) is 2.03. The minimum Gasteiger partial charge on any atom is -0.464 e. The molecular formula is C18H21Cl2N3O2. The minimum atomic E-state index is -0.647. The highest BCUT2D eigenvalue weighted by atomic mass is 35.5. The van der Waals surface area contributed by atoms with Crippen LogP contribution in [-0.4, -0.2) is 30.7 Å². The summed E-state index contributed by atoms with van der Waals surface area (Å²) in [5, 5.41) is 0.676. The lowest BCUT2D eigenvalue weighted by atomic mass is 10.2. The van der Waals surface area contributed by atoms with Gasteiger partial charge in [-0.1, -0.05) is 41.9 Å². The maximum Gasteiger partial charge on any atom is 0.358 e. The summed E-state index contributed by atoms with van der Waals surface area (Å²) in [4.78, 5) is 18.0. The number of methoxy groups -OCH3 is 1. The molecule has 1 aliphatic carbocycles. The van der Waals surface area contributed by atoms with Crippen molar-refractivity contribution < 1.29 is 9.53 Å². The number of rotatable bonds is 7. The van der Waals surface area contributed by atoms with E-state index < -0.39 is 5.97 Å². The SMILES string of the molecule is C=C(/N=C(C(=O)OC)\C(Cl)=C(/N)N(C)Cc1cccc(Cl)c1)C1CC1. The summed E-state index contributed by atoms with van der Waals surface area (Å²) in [5.74, 6) is -0.130. The first kappa shape index (κ1) is 19.3. The van der Waals surface area contributed by atoms with Crippen molar-refractivity contribution in [1.82, 2.24) is 4.90 Å². The van der Waals surface area contributed by atoms with Crippen LogP contribution in [0.4, 0.5) is 0 Å². The fourth-order valence-corrected chi connectivity index (χ4v) is 2.69. The Kier molecular flexibility index (Phi) is 6.51. The average Bonchev–Trinajstić information content (AvgIpc) is 3.42. The molecule has 1 aromatic carbocycles. The molecule has 0 amide bonds. The fourth-order valence-electron chi connectivity index (χ4n) is 2.22. The minimum absolute atomic E-state index is 0.0310. The molecule has 0 aliphatic heterocycles. The number of ether oxygens (including phenoxy) is 1. The van der Waals surface area contributed by atoms with Crippen LogP contribution in [0.25, 0.3) is 0 Å². The molecule has 0 saturated heterocycles. The molecule has 0 radical (unpaired) electrons. The molecule has 0 aromatic heterocycles. The molecule has 1 aliphatic rings. The lowest BCUT2D eigenvalue weighted by Gasteiger charge is -2.21. The third-order valence-corrected chi connectivity index (χ3v) is 4.44. The molecular weight excluding hydrogens is 361 g/mol. The van der Waals surface area contributed by atoms with Crippen LogP contribution in [0.15, 0.2) is 52.4 Å². The third kappa shape index (κ3) is 5.25. The zero-order valence-electron chi connectivity index (χ0n) is 14.3. The van der Waals surface area contributed by atoms with E-state index in [4.69, 9.17) is 33.7 Å². The smallest absolute Gasteiger partial charge is 0.358 e. The summed E-state index contributed by atoms with van der Waals surface area (Å²) in [5.41, 5.74) is 7.67. The molecule has 0 heterocycles. The number of carbonyl (C=O) groups excluding carboxylic acids is 1. The topological polar surface area (TPSA) is 67.9 Å². The summed E-state index contributed by atoms with van der Waals surface area (Å²) < 4.78 is 4.78. The van der Waals surface area contributed by atoms with Gasteiger partial charge in [0.15, 0.2) is 5.71 Å². The standard InChI is InChI=1S/C18H21Cl2N3O2/c1-11(13-7-8-13)22-16(18(24)25-3)15(20)17(21)23(2)10-12-5-4-6-14(19)9-12/h4-6,9,13H,1,7-8,10,21H2,2-3H3/b17-15-,22-16+. The Hall–Kier alpha value is -1.98. The average molecular weight is 382 g/mol. The van der Waals surface area contributed by atoms with E-state index in [1.807, 2.05) is 18.2 Å². The fraction of sp³-hybridized carbons (Fsp3) is 0.333. The van der Waals surface area contributed by atoms with Crippen LogP contribution in [0, 0.1) is 5.92 Å². The van der Waals surface area contributed by atoms with E-state index in [0.717, 1.165) is 18.4 Å². The monoisotopic (exact) mass is 381 g/mol. The maximum atomic E-state index is 12.1. The van der Waals surface area contributed by atoms with Gasteiger partial charge in [-0.15, -0.1) is 0 Å². The molecule has 0 spiro atoms. The number of hydrogen-bond acceptors (Lipinski definition) is 5. The summed E-state index contributed by atoms with van der Waals surface area (Å²) >= 11 is 12.3. The number of esters is 1. The molecule has 0 atom stereocenters. The third-order valence-electron chi connectivity index (χ3n) is 3.84. The van der Waals surface area contributed by atoms with Gasteiger partial charge in [-0.05, 0) is 30.5 Å². The van der Waals surface area contributed by atoms with Gasteiger partial charge in [-0.3, -0.25) is 0 Å². The Morgan fingerprint density at radius 1 is 1.48 bits per heavy atom. The molecule has 2 N–H and O–H groups in total. The van der Waals surface area contributed by atoms with Crippen molar-refractivity contribution in [2.24, 2.45) is 16.6 Å². The van der Waals surface area contributed by atoms with Gasteiger partial charge in [0.05, 0.1) is 7.11 Å². The van der Waals surface area contributed by atoms with Crippen molar-refractivity contribution in [2.75, 3.05) is 14.2 Å². The Labute approximate surface area is 157 Å². The van der Waals surface area contributed by atoms with Crippen molar-refractivity contribution in [3.8, 4) is 0 Å². The number of halogens is 2. The Bertz CT molecular complexity index is 740. The van der Waals surface area contributed by atoms with E-state index in [0.29, 0.717) is 23.2 Å². The second kappa shape index (κ2) is 8.41. The van der Waals surface area contributed by atoms with Crippen molar-refractivity contribution in [3.05, 3.63) is 58.0 Å². The van der Waals surface area contributed by atoms with E-state index in [2.05, 4.69) is 11.6 Å². The Balaban J connectivity index is 2.25. The second-order valence-electron chi connectivity index (χ2n) is 5.90. The lowest BCUT2D eigenvalue weighted by Crippen LogP contribution is -2.28. The van der Waals surface area contributed by atoms with Crippen LogP contribution in [-0.2, 0) is 16.1 Å². The molecule has 1 aromatic rings. The van der Waals surface area contributed by atoms with Gasteiger partial charge in [0.1, 0.15) is 10.9 Å². The Morgan fingerprint density at radius 3 is 2.72 bits per heavy atom. The Morgan fingerprint density at radius 2 is 2.16 bits per heavy atom. The van der Waals surface area contributed by atoms with E-state index in [1.165, 1.54) is 7.11 Å². The largest absolute Gasteiger partial charge is 0.464 e. The first-order valence-corrected chi connectivity index (χ1v) is 8.56. The summed E-state index contributed by atoms with van der Waals surface area (Å²) in [6.45, 7) is 4.36. The van der Waals surface area contributed by atoms with Crippen LogP contribution < -0.4 is 5.73 Å². The highest BCUT2D eigenvalue weighted by Gasteiger charge is 2.27. The molecule has 2 rings (SSSR count). The predicted molar refractivity (Wildman–Crippen MR) is 101 cm³/mol. The van der Waals surface area contributed by atoms with Gasteiger partial charge >= 0.3 is 5.97 Å². The zero-order chi connectivity index (χ0) is 18.6. The van der Waals surface area contributed by atoms with E-state index >= 15 is 0 Å². The molecule has 0 unspecified atom stereocenters. The van der Waals surface area contributed by atoms with Crippen molar-refractivity contribution in [3.63, 3.8) is 0 Å². The number of allylic oxidation sites excluding steroid dienone is 1. The van der Waals surface area contributed by atoms with Gasteiger partial charge in [0, 0.05) is 30.2 Å². The van der Waals surface area contributed by atoms with Crippen molar-refractivity contribution in [2.45, 2.75) is 19.4 Å². The maximum absolute atomic E-state index is 12.1. The zero-order valence-corrected chi connectivity index (χ0v) is 15.8. The highest BCUT2D eigenvalue weighted by molar-refractivity contribution is 6.58. The quantitative estimate of drug-likeness (QED) is 0.577. The van der Waals surface area contributed by atoms with Crippen LogP contribution >= 0.6 is 23.2 Å². The van der Waals surface area contributed by atoms with Gasteiger partial charge in [-0.25, -0.2) is 9.79 Å². The number of hydrogen-bond donors (Lipinski definition) is 1. The first-order chi connectivity index (χ1) is 11.8. The highest BCUT2D eigenvalue weighted by Crippen LogP contribution is 2.36. The van der Waals surface area contributed by atoms with Gasteiger partial charge < -0.3 is 15.4 Å². The molecule has 7 heteroatoms. The van der Waals surface area contributed by atoms with Gasteiger partial charge in [-0.2, -0.15) is 0 Å². The second-order valence-corrected chi connectivity index (χ2v) is 6.72. The predicted octanol–water partition coefficient (Wildman–Crippen LogP) is 3.68. The van der Waals surface area contributed by atoms with Crippen molar-refractivity contribution in [1.29, 1.82) is 0 Å². The van der Waals surface area contributed by atoms with Crippen molar-refractivity contribution >= 4 is 34.9 Å².